The standard InChI is InChI=1S/C14H16N2O4/c1-16(11-6-7-12(17)15-13(11)18)14(19)9-4-3-5-10(8-9)20-2/h3-5,8,11H,6-7H2,1-2H3,(H,15,17,18). The number of benzene rings is 1. The van der Waals surface area contributed by atoms with Crippen molar-refractivity contribution >= 4 is 17.7 Å². The topological polar surface area (TPSA) is 75.7 Å². The maximum atomic E-state index is 12.3. The lowest BCUT2D eigenvalue weighted by molar-refractivity contribution is -0.136. The van der Waals surface area contributed by atoms with Crippen LogP contribution in [0.4, 0.5) is 0 Å². The minimum absolute atomic E-state index is 0.242. The Bertz CT molecular complexity index is 556. The van der Waals surface area contributed by atoms with Gasteiger partial charge in [-0.1, -0.05) is 6.07 Å². The molecular weight excluding hydrogens is 260 g/mol. The van der Waals surface area contributed by atoms with Gasteiger partial charge in [-0.05, 0) is 24.6 Å². The summed E-state index contributed by atoms with van der Waals surface area (Å²) in [5.74, 6) is -0.431. The molecule has 1 aromatic rings. The highest BCUT2D eigenvalue weighted by atomic mass is 16.5. The zero-order valence-electron chi connectivity index (χ0n) is 11.4. The number of likely N-dealkylation sites (N-methyl/N-ethyl adjacent to an activating group) is 1. The van der Waals surface area contributed by atoms with Crippen molar-refractivity contribution < 1.29 is 19.1 Å². The molecule has 1 aliphatic rings. The summed E-state index contributed by atoms with van der Waals surface area (Å²) in [6.45, 7) is 0. The SMILES string of the molecule is COc1cccc(C(=O)N(C)C2CCC(=O)NC2=O)c1. The minimum atomic E-state index is -0.619. The van der Waals surface area contributed by atoms with E-state index in [2.05, 4.69) is 5.32 Å². The number of nitrogens with zero attached hydrogens (tertiary/aromatic N) is 1. The Balaban J connectivity index is 2.15. The molecule has 20 heavy (non-hydrogen) atoms. The normalized spacial score (nSPS) is 18.4. The highest BCUT2D eigenvalue weighted by Crippen LogP contribution is 2.17. The average Bonchev–Trinajstić information content (AvgIpc) is 2.46. The number of imide groups is 1. The zero-order valence-corrected chi connectivity index (χ0v) is 11.4. The van der Waals surface area contributed by atoms with E-state index in [-0.39, 0.29) is 18.2 Å². The molecule has 3 amide bonds. The van der Waals surface area contributed by atoms with Gasteiger partial charge in [0.1, 0.15) is 11.8 Å². The largest absolute Gasteiger partial charge is 0.497 e. The number of rotatable bonds is 3. The first-order chi connectivity index (χ1) is 9.52. The minimum Gasteiger partial charge on any atom is -0.497 e. The van der Waals surface area contributed by atoms with E-state index in [1.807, 2.05) is 0 Å². The lowest BCUT2D eigenvalue weighted by Gasteiger charge is -2.29. The van der Waals surface area contributed by atoms with Gasteiger partial charge in [-0.3, -0.25) is 19.7 Å². The van der Waals surface area contributed by atoms with Crippen LogP contribution in [0.1, 0.15) is 23.2 Å². The molecule has 0 radical (unpaired) electrons. The molecule has 1 aromatic carbocycles. The van der Waals surface area contributed by atoms with Gasteiger partial charge in [0, 0.05) is 19.0 Å². The van der Waals surface area contributed by atoms with Crippen LogP contribution in [0.25, 0.3) is 0 Å². The number of ether oxygens (including phenoxy) is 1. The Morgan fingerprint density at radius 2 is 2.15 bits per heavy atom. The second-order valence-corrected chi connectivity index (χ2v) is 4.61. The van der Waals surface area contributed by atoms with Gasteiger partial charge in [-0.15, -0.1) is 0 Å². The van der Waals surface area contributed by atoms with Crippen molar-refractivity contribution in [3.05, 3.63) is 29.8 Å². The molecule has 6 nitrogen and oxygen atoms in total. The summed E-state index contributed by atoms with van der Waals surface area (Å²) in [5, 5.41) is 2.24. The Labute approximate surface area is 116 Å². The summed E-state index contributed by atoms with van der Waals surface area (Å²) in [6, 6.07) is 6.11. The molecule has 1 N–H and O–H groups in total. The van der Waals surface area contributed by atoms with Crippen molar-refractivity contribution in [3.8, 4) is 5.75 Å². The molecule has 6 heteroatoms. The molecule has 1 aliphatic heterocycles. The van der Waals surface area contributed by atoms with Gasteiger partial charge in [0.25, 0.3) is 5.91 Å². The molecule has 1 heterocycles. The van der Waals surface area contributed by atoms with Crippen LogP contribution < -0.4 is 10.1 Å². The summed E-state index contributed by atoms with van der Waals surface area (Å²) >= 11 is 0. The summed E-state index contributed by atoms with van der Waals surface area (Å²) in [7, 11) is 3.08. The molecule has 1 fully saturated rings. The Kier molecular flexibility index (Phi) is 4.02. The summed E-state index contributed by atoms with van der Waals surface area (Å²) in [4.78, 5) is 36.6. The zero-order chi connectivity index (χ0) is 14.7. The molecule has 1 unspecified atom stereocenters. The Morgan fingerprint density at radius 3 is 2.80 bits per heavy atom. The van der Waals surface area contributed by atoms with Crippen LogP contribution in [0.15, 0.2) is 24.3 Å². The van der Waals surface area contributed by atoms with E-state index in [1.165, 1.54) is 12.0 Å². The highest BCUT2D eigenvalue weighted by molar-refractivity contribution is 6.03. The number of nitrogens with one attached hydrogen (secondary N) is 1. The third-order valence-corrected chi connectivity index (χ3v) is 3.31. The van der Waals surface area contributed by atoms with Gasteiger partial charge in [0.15, 0.2) is 0 Å². The van der Waals surface area contributed by atoms with Gasteiger partial charge < -0.3 is 9.64 Å². The number of carbonyl (C=O) groups excluding carboxylic acids is 3. The predicted molar refractivity (Wildman–Crippen MR) is 71.3 cm³/mol. The van der Waals surface area contributed by atoms with Gasteiger partial charge in [0.05, 0.1) is 7.11 Å². The number of carbonyl (C=O) groups is 3. The van der Waals surface area contributed by atoms with E-state index >= 15 is 0 Å². The number of amides is 3. The summed E-state index contributed by atoms with van der Waals surface area (Å²) in [6.07, 6.45) is 0.586. The van der Waals surface area contributed by atoms with Crippen LogP contribution in [-0.4, -0.2) is 42.8 Å². The molecule has 0 aliphatic carbocycles. The van der Waals surface area contributed by atoms with Crippen molar-refractivity contribution in [2.45, 2.75) is 18.9 Å². The fourth-order valence-electron chi connectivity index (χ4n) is 2.15. The third kappa shape index (κ3) is 2.79. The van der Waals surface area contributed by atoms with Crippen LogP contribution in [0.5, 0.6) is 5.75 Å². The molecule has 0 spiro atoms. The lowest BCUT2D eigenvalue weighted by Crippen LogP contribution is -2.52. The Morgan fingerprint density at radius 1 is 1.40 bits per heavy atom. The van der Waals surface area contributed by atoms with E-state index < -0.39 is 11.9 Å². The van der Waals surface area contributed by atoms with Crippen molar-refractivity contribution in [2.24, 2.45) is 0 Å². The molecule has 0 saturated carbocycles. The first-order valence-electron chi connectivity index (χ1n) is 6.28. The van der Waals surface area contributed by atoms with Crippen LogP contribution in [0, 0.1) is 0 Å². The quantitative estimate of drug-likeness (QED) is 0.819. The van der Waals surface area contributed by atoms with Crippen LogP contribution >= 0.6 is 0 Å². The molecule has 0 aromatic heterocycles. The predicted octanol–water partition coefficient (Wildman–Crippen LogP) is 0.572. The van der Waals surface area contributed by atoms with Gasteiger partial charge in [-0.2, -0.15) is 0 Å². The smallest absolute Gasteiger partial charge is 0.254 e. The second-order valence-electron chi connectivity index (χ2n) is 4.61. The fourth-order valence-corrected chi connectivity index (χ4v) is 2.15. The van der Waals surface area contributed by atoms with Crippen LogP contribution in [-0.2, 0) is 9.59 Å². The monoisotopic (exact) mass is 276 g/mol. The average molecular weight is 276 g/mol. The van der Waals surface area contributed by atoms with Crippen molar-refractivity contribution in [1.29, 1.82) is 0 Å². The van der Waals surface area contributed by atoms with E-state index in [4.69, 9.17) is 4.74 Å². The molecule has 0 bridgehead atoms. The third-order valence-electron chi connectivity index (χ3n) is 3.31. The van der Waals surface area contributed by atoms with E-state index in [1.54, 1.807) is 31.3 Å². The van der Waals surface area contributed by atoms with Crippen LogP contribution in [0.2, 0.25) is 0 Å². The molecule has 1 saturated heterocycles. The van der Waals surface area contributed by atoms with Crippen molar-refractivity contribution in [2.75, 3.05) is 14.2 Å². The maximum Gasteiger partial charge on any atom is 0.254 e. The lowest BCUT2D eigenvalue weighted by atomic mass is 10.0. The van der Waals surface area contributed by atoms with E-state index in [0.717, 1.165) is 0 Å². The molecule has 1 atom stereocenters. The van der Waals surface area contributed by atoms with Gasteiger partial charge in [-0.25, -0.2) is 0 Å². The second kappa shape index (κ2) is 5.73. The van der Waals surface area contributed by atoms with E-state index in [9.17, 15) is 14.4 Å². The Hall–Kier alpha value is -2.37. The molecule has 2 rings (SSSR count). The van der Waals surface area contributed by atoms with Gasteiger partial charge in [0.2, 0.25) is 11.8 Å². The van der Waals surface area contributed by atoms with Crippen molar-refractivity contribution in [3.63, 3.8) is 0 Å². The molecule has 106 valence electrons. The summed E-state index contributed by atoms with van der Waals surface area (Å²) < 4.78 is 5.07. The highest BCUT2D eigenvalue weighted by Gasteiger charge is 2.32. The first-order valence-corrected chi connectivity index (χ1v) is 6.28. The number of hydrogen-bond acceptors (Lipinski definition) is 4. The first kappa shape index (κ1) is 14.0. The van der Waals surface area contributed by atoms with Crippen molar-refractivity contribution in [1.82, 2.24) is 10.2 Å². The van der Waals surface area contributed by atoms with Gasteiger partial charge >= 0.3 is 0 Å². The number of piperidine rings is 1. The fraction of sp³-hybridized carbons (Fsp3) is 0.357. The summed E-state index contributed by atoms with van der Waals surface area (Å²) in [5.41, 5.74) is 0.441. The molecular formula is C14H16N2O4. The maximum absolute atomic E-state index is 12.3. The number of hydrogen-bond donors (Lipinski definition) is 1. The number of methoxy groups -OCH3 is 1. The van der Waals surface area contributed by atoms with E-state index in [0.29, 0.717) is 17.7 Å². The van der Waals surface area contributed by atoms with Crippen LogP contribution in [0.3, 0.4) is 0 Å².